The highest BCUT2D eigenvalue weighted by Gasteiger charge is 2.23. The predicted molar refractivity (Wildman–Crippen MR) is 96.3 cm³/mol. The van der Waals surface area contributed by atoms with Crippen molar-refractivity contribution < 1.29 is 31.8 Å². The molecule has 0 atom stereocenters. The lowest BCUT2D eigenvalue weighted by Crippen LogP contribution is -2.10. The van der Waals surface area contributed by atoms with E-state index in [1.807, 2.05) is 6.92 Å². The summed E-state index contributed by atoms with van der Waals surface area (Å²) in [6.45, 7) is 2.37. The summed E-state index contributed by atoms with van der Waals surface area (Å²) in [6, 6.07) is 4.75. The Kier molecular flexibility index (Phi) is 6.37. The maximum atomic E-state index is 14.0. The molecular weight excluding hydrogens is 380 g/mol. The molecule has 0 bridgehead atoms. The topological polar surface area (TPSA) is 92.7 Å². The molecule has 0 amide bonds. The Balaban J connectivity index is 2.64. The first-order chi connectivity index (χ1) is 12.6. The highest BCUT2D eigenvalue weighted by molar-refractivity contribution is 7.90. The molecule has 6 nitrogen and oxygen atoms in total. The number of hydrogen-bond acceptors (Lipinski definition) is 5. The molecule has 27 heavy (non-hydrogen) atoms. The minimum absolute atomic E-state index is 0.0903. The van der Waals surface area contributed by atoms with Gasteiger partial charge in [0.25, 0.3) is 0 Å². The minimum atomic E-state index is -3.91. The van der Waals surface area contributed by atoms with Gasteiger partial charge in [0.2, 0.25) is 0 Å². The van der Waals surface area contributed by atoms with Crippen molar-refractivity contribution in [3.8, 4) is 11.5 Å². The summed E-state index contributed by atoms with van der Waals surface area (Å²) < 4.78 is 56.9. The van der Waals surface area contributed by atoms with Gasteiger partial charge in [-0.2, -0.15) is 0 Å². The summed E-state index contributed by atoms with van der Waals surface area (Å²) in [4.78, 5) is 10.9. The van der Waals surface area contributed by atoms with E-state index in [-0.39, 0.29) is 22.7 Å². The van der Waals surface area contributed by atoms with Crippen molar-refractivity contribution in [1.82, 2.24) is 0 Å². The largest absolute Gasteiger partial charge is 0.478 e. The number of carbonyl (C=O) groups is 1. The number of hydrogen-bond donors (Lipinski definition) is 2. The third kappa shape index (κ3) is 5.16. The van der Waals surface area contributed by atoms with Crippen LogP contribution in [0.4, 0.5) is 14.5 Å². The normalized spacial score (nSPS) is 11.3. The van der Waals surface area contributed by atoms with Gasteiger partial charge < -0.3 is 15.2 Å². The molecule has 2 aromatic rings. The van der Waals surface area contributed by atoms with Gasteiger partial charge in [-0.1, -0.05) is 13.3 Å². The van der Waals surface area contributed by atoms with E-state index in [9.17, 15) is 27.1 Å². The van der Waals surface area contributed by atoms with E-state index in [1.165, 1.54) is 6.07 Å². The second-order valence-corrected chi connectivity index (χ2v) is 7.87. The van der Waals surface area contributed by atoms with Crippen LogP contribution in [0.25, 0.3) is 0 Å². The van der Waals surface area contributed by atoms with Gasteiger partial charge in [-0.25, -0.2) is 22.0 Å². The number of unbranched alkanes of at least 4 members (excludes halogenated alkanes) is 1. The molecule has 9 heteroatoms. The van der Waals surface area contributed by atoms with Crippen molar-refractivity contribution in [3.63, 3.8) is 0 Å². The number of aromatic carboxylic acids is 1. The monoisotopic (exact) mass is 399 g/mol. The Morgan fingerprint density at radius 3 is 2.48 bits per heavy atom. The molecular formula is C18H19F2NO5S. The molecule has 0 spiro atoms. The summed E-state index contributed by atoms with van der Waals surface area (Å²) in [5, 5.41) is 12.2. The molecule has 0 saturated heterocycles. The maximum Gasteiger partial charge on any atom is 0.335 e. The van der Waals surface area contributed by atoms with Crippen molar-refractivity contribution in [2.75, 3.05) is 18.1 Å². The van der Waals surface area contributed by atoms with E-state index in [1.54, 1.807) is 0 Å². The SMILES string of the molecule is CCCCNc1cc(C(=O)O)cc(S(C)(=O)=O)c1Oc1ccc(F)cc1F. The first-order valence-corrected chi connectivity index (χ1v) is 10.0. The van der Waals surface area contributed by atoms with Gasteiger partial charge in [-0.05, 0) is 30.7 Å². The average molecular weight is 399 g/mol. The minimum Gasteiger partial charge on any atom is -0.478 e. The number of carboxylic acid groups (broad SMARTS) is 1. The van der Waals surface area contributed by atoms with E-state index >= 15 is 0 Å². The van der Waals surface area contributed by atoms with Gasteiger partial charge in [0, 0.05) is 18.9 Å². The molecule has 0 aromatic heterocycles. The number of ether oxygens (including phenoxy) is 1. The number of nitrogens with one attached hydrogen (secondary N) is 1. The molecule has 2 N–H and O–H groups in total. The quantitative estimate of drug-likeness (QED) is 0.650. The number of benzene rings is 2. The Morgan fingerprint density at radius 1 is 1.22 bits per heavy atom. The van der Waals surface area contributed by atoms with Gasteiger partial charge >= 0.3 is 5.97 Å². The molecule has 146 valence electrons. The third-order valence-electron chi connectivity index (χ3n) is 3.65. The maximum absolute atomic E-state index is 14.0. The fourth-order valence-electron chi connectivity index (χ4n) is 2.31. The fourth-order valence-corrected chi connectivity index (χ4v) is 3.13. The molecule has 2 aromatic carbocycles. The zero-order chi connectivity index (χ0) is 20.2. The van der Waals surface area contributed by atoms with Crippen LogP contribution in [-0.2, 0) is 9.84 Å². The second-order valence-electron chi connectivity index (χ2n) is 5.89. The Morgan fingerprint density at radius 2 is 1.93 bits per heavy atom. The van der Waals surface area contributed by atoms with Crippen LogP contribution in [0.2, 0.25) is 0 Å². The van der Waals surface area contributed by atoms with Crippen LogP contribution in [0.5, 0.6) is 11.5 Å². The molecule has 0 fully saturated rings. The van der Waals surface area contributed by atoms with Gasteiger partial charge in [-0.3, -0.25) is 0 Å². The molecule has 0 saturated carbocycles. The molecule has 0 aliphatic rings. The van der Waals surface area contributed by atoms with Crippen molar-refractivity contribution >= 4 is 21.5 Å². The van der Waals surface area contributed by atoms with Crippen LogP contribution in [0.3, 0.4) is 0 Å². The Labute approximate surface area is 155 Å². The Bertz CT molecular complexity index is 960. The number of sulfone groups is 1. The second kappa shape index (κ2) is 8.34. The van der Waals surface area contributed by atoms with Crippen molar-refractivity contribution in [2.45, 2.75) is 24.7 Å². The van der Waals surface area contributed by atoms with E-state index in [0.29, 0.717) is 12.6 Å². The van der Waals surface area contributed by atoms with Crippen LogP contribution >= 0.6 is 0 Å². The van der Waals surface area contributed by atoms with Gasteiger partial charge in [0.1, 0.15) is 10.7 Å². The smallest absolute Gasteiger partial charge is 0.335 e. The fraction of sp³-hybridized carbons (Fsp3) is 0.278. The van der Waals surface area contributed by atoms with Crippen LogP contribution in [0.15, 0.2) is 35.2 Å². The van der Waals surface area contributed by atoms with Crippen LogP contribution < -0.4 is 10.1 Å². The van der Waals surface area contributed by atoms with Gasteiger partial charge in [-0.15, -0.1) is 0 Å². The van der Waals surface area contributed by atoms with Gasteiger partial charge in [0.05, 0.1) is 11.3 Å². The van der Waals surface area contributed by atoms with Crippen LogP contribution in [0.1, 0.15) is 30.1 Å². The van der Waals surface area contributed by atoms with E-state index in [2.05, 4.69) is 5.32 Å². The van der Waals surface area contributed by atoms with E-state index < -0.39 is 32.3 Å². The zero-order valence-corrected chi connectivity index (χ0v) is 15.6. The van der Waals surface area contributed by atoms with E-state index in [4.69, 9.17) is 4.74 Å². The number of carboxylic acids is 1. The number of rotatable bonds is 8. The summed E-state index contributed by atoms with van der Waals surface area (Å²) in [5.41, 5.74) is -0.172. The summed E-state index contributed by atoms with van der Waals surface area (Å²) >= 11 is 0. The summed E-state index contributed by atoms with van der Waals surface area (Å²) in [5.74, 6) is -3.79. The lowest BCUT2D eigenvalue weighted by molar-refractivity contribution is 0.0696. The van der Waals surface area contributed by atoms with Crippen molar-refractivity contribution in [2.24, 2.45) is 0 Å². The molecule has 0 aliphatic carbocycles. The highest BCUT2D eigenvalue weighted by Crippen LogP contribution is 2.38. The molecule has 0 heterocycles. The molecule has 2 rings (SSSR count). The highest BCUT2D eigenvalue weighted by atomic mass is 32.2. The lowest BCUT2D eigenvalue weighted by atomic mass is 10.1. The van der Waals surface area contributed by atoms with Crippen LogP contribution in [-0.4, -0.2) is 32.3 Å². The Hall–Kier alpha value is -2.68. The third-order valence-corrected chi connectivity index (χ3v) is 4.76. The average Bonchev–Trinajstić information content (AvgIpc) is 2.57. The lowest BCUT2D eigenvalue weighted by Gasteiger charge is -2.17. The van der Waals surface area contributed by atoms with Gasteiger partial charge in [0.15, 0.2) is 27.2 Å². The summed E-state index contributed by atoms with van der Waals surface area (Å²) in [6.07, 6.45) is 2.46. The summed E-state index contributed by atoms with van der Waals surface area (Å²) in [7, 11) is -3.91. The first-order valence-electron chi connectivity index (χ1n) is 8.11. The molecule has 0 radical (unpaired) electrons. The van der Waals surface area contributed by atoms with Crippen molar-refractivity contribution in [3.05, 3.63) is 47.5 Å². The molecule has 0 unspecified atom stereocenters. The van der Waals surface area contributed by atoms with Crippen LogP contribution in [0, 0.1) is 11.6 Å². The molecule has 0 aliphatic heterocycles. The first kappa shape index (κ1) is 20.6. The number of halogens is 2. The predicted octanol–water partition coefficient (Wildman–Crippen LogP) is 4.07. The number of anilines is 1. The van der Waals surface area contributed by atoms with Crippen molar-refractivity contribution in [1.29, 1.82) is 0 Å². The standard InChI is InChI=1S/C18H19F2NO5S/c1-3-4-7-21-14-8-11(18(22)23)9-16(27(2,24)25)17(14)26-15-6-5-12(19)10-13(15)20/h5-6,8-10,21H,3-4,7H2,1-2H3,(H,22,23). The zero-order valence-electron chi connectivity index (χ0n) is 14.8. The van der Waals surface area contributed by atoms with E-state index in [0.717, 1.165) is 37.3 Å².